The van der Waals surface area contributed by atoms with Crippen LogP contribution in [0.15, 0.2) is 42.5 Å². The molecule has 0 saturated heterocycles. The summed E-state index contributed by atoms with van der Waals surface area (Å²) in [7, 11) is 0. The lowest BCUT2D eigenvalue weighted by Gasteiger charge is -2.30. The van der Waals surface area contributed by atoms with Crippen LogP contribution >= 0.6 is 23.2 Å². The molecule has 0 unspecified atom stereocenters. The summed E-state index contributed by atoms with van der Waals surface area (Å²) >= 11 is 11.8. The number of amides is 1. The number of nitrogens with zero attached hydrogens (tertiary/aromatic N) is 1. The van der Waals surface area contributed by atoms with E-state index in [4.69, 9.17) is 32.7 Å². The van der Waals surface area contributed by atoms with Crippen molar-refractivity contribution < 1.29 is 19.1 Å². The van der Waals surface area contributed by atoms with E-state index in [-0.39, 0.29) is 12.5 Å². The minimum Gasteiger partial charge on any atom is -0.480 e. The first-order valence-electron chi connectivity index (χ1n) is 8.57. The minimum absolute atomic E-state index is 0.220. The molecule has 27 heavy (non-hydrogen) atoms. The Hall–Kier alpha value is -2.24. The Kier molecular flexibility index (Phi) is 6.24. The van der Waals surface area contributed by atoms with Crippen molar-refractivity contribution in [2.45, 2.75) is 26.0 Å². The quantitative estimate of drug-likeness (QED) is 0.705. The van der Waals surface area contributed by atoms with Crippen LogP contribution in [0.1, 0.15) is 18.1 Å². The molecular formula is C20H19Cl2NO4. The van der Waals surface area contributed by atoms with Crippen molar-refractivity contribution in [1.82, 2.24) is 4.90 Å². The Morgan fingerprint density at radius 1 is 1.15 bits per heavy atom. The Labute approximate surface area is 167 Å². The van der Waals surface area contributed by atoms with Gasteiger partial charge in [-0.2, -0.15) is 0 Å². The van der Waals surface area contributed by atoms with E-state index in [0.717, 1.165) is 12.0 Å². The van der Waals surface area contributed by atoms with Crippen LogP contribution in [-0.4, -0.2) is 36.0 Å². The highest BCUT2D eigenvalue weighted by molar-refractivity contribution is 6.35. The molecule has 0 aliphatic carbocycles. The molecule has 0 saturated carbocycles. The van der Waals surface area contributed by atoms with Gasteiger partial charge in [-0.1, -0.05) is 47.5 Å². The summed E-state index contributed by atoms with van der Waals surface area (Å²) in [5.74, 6) is -0.536. The van der Waals surface area contributed by atoms with Gasteiger partial charge in [0.2, 0.25) is 0 Å². The van der Waals surface area contributed by atoms with E-state index >= 15 is 0 Å². The van der Waals surface area contributed by atoms with Crippen molar-refractivity contribution in [3.63, 3.8) is 0 Å². The second-order valence-electron chi connectivity index (χ2n) is 6.27. The van der Waals surface area contributed by atoms with E-state index in [0.29, 0.717) is 28.9 Å². The van der Waals surface area contributed by atoms with Gasteiger partial charge in [0.1, 0.15) is 5.75 Å². The van der Waals surface area contributed by atoms with E-state index in [1.807, 2.05) is 18.2 Å². The Morgan fingerprint density at radius 2 is 1.89 bits per heavy atom. The molecule has 2 aromatic carbocycles. The first-order valence-corrected chi connectivity index (χ1v) is 9.32. The number of halogens is 2. The molecule has 0 aromatic heterocycles. The summed E-state index contributed by atoms with van der Waals surface area (Å²) in [6.45, 7) is 2.35. The number of benzene rings is 2. The Balaban J connectivity index is 1.51. The lowest BCUT2D eigenvalue weighted by atomic mass is 9.99. The van der Waals surface area contributed by atoms with Crippen LogP contribution in [0.3, 0.4) is 0 Å². The normalized spacial score (nSPS) is 14.3. The summed E-state index contributed by atoms with van der Waals surface area (Å²) in [5.41, 5.74) is 2.37. The van der Waals surface area contributed by atoms with Gasteiger partial charge in [-0.3, -0.25) is 4.79 Å². The molecule has 1 aliphatic rings. The number of hydrogen-bond acceptors (Lipinski definition) is 4. The zero-order chi connectivity index (χ0) is 19.4. The van der Waals surface area contributed by atoms with Gasteiger partial charge in [0.25, 0.3) is 5.91 Å². The maximum absolute atomic E-state index is 12.6. The van der Waals surface area contributed by atoms with Crippen LogP contribution < -0.4 is 4.74 Å². The number of ether oxygens (including phenoxy) is 2. The fourth-order valence-electron chi connectivity index (χ4n) is 2.95. The van der Waals surface area contributed by atoms with Gasteiger partial charge in [0.05, 0.1) is 5.02 Å². The predicted octanol–water partition coefficient (Wildman–Crippen LogP) is 3.89. The molecule has 1 heterocycles. The molecule has 0 bridgehead atoms. The molecule has 3 rings (SSSR count). The average molecular weight is 408 g/mol. The zero-order valence-corrected chi connectivity index (χ0v) is 16.3. The largest absolute Gasteiger partial charge is 0.480 e. The second-order valence-corrected chi connectivity index (χ2v) is 7.12. The van der Waals surface area contributed by atoms with Crippen LogP contribution in [0.5, 0.6) is 5.75 Å². The van der Waals surface area contributed by atoms with Gasteiger partial charge in [0.15, 0.2) is 12.7 Å². The van der Waals surface area contributed by atoms with Crippen LogP contribution in [0, 0.1) is 0 Å². The summed E-state index contributed by atoms with van der Waals surface area (Å²) in [6, 6.07) is 12.7. The van der Waals surface area contributed by atoms with Gasteiger partial charge in [0, 0.05) is 18.1 Å². The third kappa shape index (κ3) is 4.93. The van der Waals surface area contributed by atoms with Gasteiger partial charge >= 0.3 is 5.97 Å². The third-order valence-electron chi connectivity index (χ3n) is 4.34. The maximum atomic E-state index is 12.6. The van der Waals surface area contributed by atoms with Gasteiger partial charge in [-0.25, -0.2) is 4.79 Å². The standard InChI is InChI=1S/C20H19Cl2NO4/c1-13(20(25)23-9-8-14-4-2-3-5-15(14)11-23)27-19(24)12-26-18-7-6-16(21)10-17(18)22/h2-7,10,13H,8-9,11-12H2,1H3/t13-/m0/s1. The fraction of sp³-hybridized carbons (Fsp3) is 0.300. The minimum atomic E-state index is -0.882. The van der Waals surface area contributed by atoms with Crippen molar-refractivity contribution in [3.05, 3.63) is 63.6 Å². The molecule has 1 aliphatic heterocycles. The van der Waals surface area contributed by atoms with Crippen LogP contribution in [0.25, 0.3) is 0 Å². The average Bonchev–Trinajstić information content (AvgIpc) is 2.66. The van der Waals surface area contributed by atoms with E-state index in [2.05, 4.69) is 6.07 Å². The topological polar surface area (TPSA) is 55.8 Å². The van der Waals surface area contributed by atoms with Crippen LogP contribution in [0.4, 0.5) is 0 Å². The predicted molar refractivity (Wildman–Crippen MR) is 103 cm³/mol. The van der Waals surface area contributed by atoms with Crippen molar-refractivity contribution in [1.29, 1.82) is 0 Å². The first-order chi connectivity index (χ1) is 12.9. The molecule has 7 heteroatoms. The van der Waals surface area contributed by atoms with Gasteiger partial charge in [-0.05, 0) is 42.7 Å². The molecule has 0 N–H and O–H groups in total. The molecule has 1 amide bonds. The van der Waals surface area contributed by atoms with Gasteiger partial charge < -0.3 is 14.4 Å². The summed E-state index contributed by atoms with van der Waals surface area (Å²) in [5, 5.41) is 0.767. The van der Waals surface area contributed by atoms with E-state index in [9.17, 15) is 9.59 Å². The van der Waals surface area contributed by atoms with E-state index in [1.54, 1.807) is 24.0 Å². The SMILES string of the molecule is C[C@H](OC(=O)COc1ccc(Cl)cc1Cl)C(=O)N1CCc2ccccc2C1. The number of esters is 1. The molecule has 0 fully saturated rings. The number of rotatable bonds is 5. The van der Waals surface area contributed by atoms with E-state index < -0.39 is 12.1 Å². The highest BCUT2D eigenvalue weighted by Crippen LogP contribution is 2.27. The zero-order valence-electron chi connectivity index (χ0n) is 14.8. The lowest BCUT2D eigenvalue weighted by molar-refractivity contribution is -0.161. The smallest absolute Gasteiger partial charge is 0.344 e. The lowest BCUT2D eigenvalue weighted by Crippen LogP contribution is -2.43. The summed E-state index contributed by atoms with van der Waals surface area (Å²) in [6.07, 6.45) is -0.0899. The Morgan fingerprint density at radius 3 is 2.63 bits per heavy atom. The molecule has 0 spiro atoms. The number of fused-ring (bicyclic) bond motifs is 1. The summed E-state index contributed by atoms with van der Waals surface area (Å²) < 4.78 is 10.6. The number of carbonyl (C=O) groups is 2. The maximum Gasteiger partial charge on any atom is 0.344 e. The molecule has 142 valence electrons. The van der Waals surface area contributed by atoms with Crippen LogP contribution in [0.2, 0.25) is 10.0 Å². The van der Waals surface area contributed by atoms with Crippen molar-refractivity contribution >= 4 is 35.1 Å². The van der Waals surface area contributed by atoms with E-state index in [1.165, 1.54) is 11.6 Å². The highest BCUT2D eigenvalue weighted by Gasteiger charge is 2.27. The monoisotopic (exact) mass is 407 g/mol. The van der Waals surface area contributed by atoms with Gasteiger partial charge in [-0.15, -0.1) is 0 Å². The highest BCUT2D eigenvalue weighted by atomic mass is 35.5. The number of carbonyl (C=O) groups excluding carboxylic acids is 2. The molecular weight excluding hydrogens is 389 g/mol. The molecule has 2 aromatic rings. The van der Waals surface area contributed by atoms with Crippen molar-refractivity contribution in [3.8, 4) is 5.75 Å². The second kappa shape index (κ2) is 8.63. The fourth-order valence-corrected chi connectivity index (χ4v) is 3.41. The molecule has 0 radical (unpaired) electrons. The van der Waals surface area contributed by atoms with Crippen molar-refractivity contribution in [2.24, 2.45) is 0 Å². The first kappa shape index (κ1) is 19.5. The Bertz CT molecular complexity index is 856. The molecule has 1 atom stereocenters. The van der Waals surface area contributed by atoms with Crippen molar-refractivity contribution in [2.75, 3.05) is 13.2 Å². The van der Waals surface area contributed by atoms with Crippen LogP contribution in [-0.2, 0) is 27.3 Å². The third-order valence-corrected chi connectivity index (χ3v) is 4.87. The summed E-state index contributed by atoms with van der Waals surface area (Å²) in [4.78, 5) is 26.3. The number of hydrogen-bond donors (Lipinski definition) is 0. The molecule has 5 nitrogen and oxygen atoms in total.